The number of nitrogens with zero attached hydrogens (tertiary/aromatic N) is 4. The summed E-state index contributed by atoms with van der Waals surface area (Å²) in [6.45, 7) is 0. The Hall–Kier alpha value is -3.67. The zero-order chi connectivity index (χ0) is 22.2. The average molecular weight is 451 g/mol. The molecule has 0 spiro atoms. The van der Waals surface area contributed by atoms with E-state index in [-0.39, 0.29) is 9.81 Å². The van der Waals surface area contributed by atoms with E-state index in [1.54, 1.807) is 29.8 Å². The van der Waals surface area contributed by atoms with Crippen molar-refractivity contribution in [2.24, 2.45) is 0 Å². The van der Waals surface area contributed by atoms with Crippen molar-refractivity contribution in [2.75, 3.05) is 5.32 Å². The molecular formula is C19H10F5N5OS. The molecule has 0 aliphatic heterocycles. The van der Waals surface area contributed by atoms with Crippen molar-refractivity contribution in [3.8, 4) is 17.1 Å². The molecule has 0 aliphatic carbocycles. The highest BCUT2D eigenvalue weighted by Gasteiger charge is 2.37. The van der Waals surface area contributed by atoms with Gasteiger partial charge in [0.05, 0.1) is 5.69 Å². The van der Waals surface area contributed by atoms with Crippen LogP contribution in [0.3, 0.4) is 0 Å². The van der Waals surface area contributed by atoms with Gasteiger partial charge in [-0.25, -0.2) is 18.4 Å². The molecular weight excluding hydrogens is 441 g/mol. The number of amides is 1. The first kappa shape index (κ1) is 20.6. The molecule has 1 amide bonds. The molecule has 158 valence electrons. The maximum atomic E-state index is 14.2. The van der Waals surface area contributed by atoms with Gasteiger partial charge in [-0.05, 0) is 24.3 Å². The van der Waals surface area contributed by atoms with E-state index >= 15 is 0 Å². The Balaban J connectivity index is 1.71. The lowest BCUT2D eigenvalue weighted by Crippen LogP contribution is -2.18. The Morgan fingerprint density at radius 3 is 2.42 bits per heavy atom. The lowest BCUT2D eigenvalue weighted by atomic mass is 10.2. The van der Waals surface area contributed by atoms with E-state index in [1.165, 1.54) is 0 Å². The third kappa shape index (κ3) is 4.14. The number of alkyl halides is 3. The average Bonchev–Trinajstić information content (AvgIpc) is 3.36. The van der Waals surface area contributed by atoms with Gasteiger partial charge in [0.15, 0.2) is 22.5 Å². The van der Waals surface area contributed by atoms with E-state index in [4.69, 9.17) is 0 Å². The van der Waals surface area contributed by atoms with Crippen molar-refractivity contribution in [3.63, 3.8) is 0 Å². The van der Waals surface area contributed by atoms with Crippen LogP contribution in [0.15, 0.2) is 54.0 Å². The molecule has 3 heterocycles. The molecule has 0 unspecified atom stereocenters. The molecule has 4 aromatic rings. The van der Waals surface area contributed by atoms with Crippen LogP contribution in [-0.4, -0.2) is 25.7 Å². The van der Waals surface area contributed by atoms with E-state index < -0.39 is 40.8 Å². The van der Waals surface area contributed by atoms with E-state index in [9.17, 15) is 26.7 Å². The second-order valence-corrected chi connectivity index (χ2v) is 6.96. The van der Waals surface area contributed by atoms with Gasteiger partial charge in [-0.3, -0.25) is 15.1 Å². The summed E-state index contributed by atoms with van der Waals surface area (Å²) in [5.74, 6) is -3.44. The molecule has 0 saturated heterocycles. The van der Waals surface area contributed by atoms with Crippen LogP contribution in [0.25, 0.3) is 17.1 Å². The van der Waals surface area contributed by atoms with Crippen molar-refractivity contribution < 1.29 is 26.7 Å². The maximum Gasteiger partial charge on any atom is 0.435 e. The van der Waals surface area contributed by atoms with Crippen LogP contribution in [0.5, 0.6) is 0 Å². The van der Waals surface area contributed by atoms with E-state index in [2.05, 4.69) is 20.4 Å². The summed E-state index contributed by atoms with van der Waals surface area (Å²) in [5, 5.41) is 7.19. The Kier molecular flexibility index (Phi) is 5.23. The molecule has 31 heavy (non-hydrogen) atoms. The number of para-hydroxylation sites is 1. The molecule has 0 fully saturated rings. The zero-order valence-electron chi connectivity index (χ0n) is 15.2. The topological polar surface area (TPSA) is 72.7 Å². The Labute approximate surface area is 175 Å². The Morgan fingerprint density at radius 1 is 1.03 bits per heavy atom. The number of benzene rings is 1. The summed E-state index contributed by atoms with van der Waals surface area (Å²) in [6, 6.07) is 8.27. The summed E-state index contributed by atoms with van der Waals surface area (Å²) >= 11 is 1.00. The van der Waals surface area contributed by atoms with Crippen LogP contribution in [0, 0.1) is 11.6 Å². The first-order valence-electron chi connectivity index (χ1n) is 8.54. The molecule has 6 nitrogen and oxygen atoms in total. The minimum Gasteiger partial charge on any atom is -0.296 e. The maximum absolute atomic E-state index is 14.2. The van der Waals surface area contributed by atoms with Gasteiger partial charge in [-0.15, -0.1) is 11.3 Å². The van der Waals surface area contributed by atoms with Crippen LogP contribution in [0.2, 0.25) is 0 Å². The molecule has 1 N–H and O–H groups in total. The number of nitrogens with one attached hydrogen (secondary N) is 1. The lowest BCUT2D eigenvalue weighted by molar-refractivity contribution is -0.141. The van der Waals surface area contributed by atoms with Gasteiger partial charge >= 0.3 is 6.18 Å². The van der Waals surface area contributed by atoms with Crippen molar-refractivity contribution in [1.29, 1.82) is 0 Å². The van der Waals surface area contributed by atoms with Crippen LogP contribution >= 0.6 is 11.3 Å². The monoisotopic (exact) mass is 451 g/mol. The minimum atomic E-state index is -4.94. The number of halogens is 5. The normalized spacial score (nSPS) is 11.5. The zero-order valence-corrected chi connectivity index (χ0v) is 16.0. The second-order valence-electron chi connectivity index (χ2n) is 6.10. The van der Waals surface area contributed by atoms with Crippen molar-refractivity contribution in [2.45, 2.75) is 6.18 Å². The van der Waals surface area contributed by atoms with Gasteiger partial charge in [0, 0.05) is 17.6 Å². The highest BCUT2D eigenvalue weighted by Crippen LogP contribution is 2.31. The predicted molar refractivity (Wildman–Crippen MR) is 102 cm³/mol. The molecule has 1 aromatic carbocycles. The van der Waals surface area contributed by atoms with E-state index in [0.29, 0.717) is 17.5 Å². The lowest BCUT2D eigenvalue weighted by Gasteiger charge is -2.09. The fraction of sp³-hybridized carbons (Fsp3) is 0.0526. The van der Waals surface area contributed by atoms with Crippen LogP contribution in [-0.2, 0) is 6.18 Å². The summed E-state index contributed by atoms with van der Waals surface area (Å²) in [4.78, 5) is 21.0. The number of hydrogen-bond donors (Lipinski definition) is 1. The number of pyridine rings is 1. The van der Waals surface area contributed by atoms with Gasteiger partial charge in [0.1, 0.15) is 17.1 Å². The van der Waals surface area contributed by atoms with Gasteiger partial charge in [0.25, 0.3) is 5.91 Å². The Morgan fingerprint density at radius 2 is 1.77 bits per heavy atom. The van der Waals surface area contributed by atoms with Crippen molar-refractivity contribution >= 4 is 22.4 Å². The highest BCUT2D eigenvalue weighted by atomic mass is 32.1. The summed E-state index contributed by atoms with van der Waals surface area (Å²) < 4.78 is 68.1. The van der Waals surface area contributed by atoms with Gasteiger partial charge < -0.3 is 0 Å². The van der Waals surface area contributed by atoms with Gasteiger partial charge in [-0.1, -0.05) is 12.1 Å². The smallest absolute Gasteiger partial charge is 0.296 e. The van der Waals surface area contributed by atoms with E-state index in [0.717, 1.165) is 29.5 Å². The number of carbonyl (C=O) groups is 1. The SMILES string of the molecule is O=C(Nc1nc(-c2ccccn2)cs1)c1cc(C(F)(F)F)nn1-c1c(F)cccc1F. The van der Waals surface area contributed by atoms with E-state index in [1.807, 2.05) is 0 Å². The molecule has 12 heteroatoms. The summed E-state index contributed by atoms with van der Waals surface area (Å²) in [5.41, 5.74) is -2.14. The molecule has 0 saturated carbocycles. The molecule has 0 atom stereocenters. The van der Waals surface area contributed by atoms with Crippen molar-refractivity contribution in [3.05, 3.63) is 77.1 Å². The van der Waals surface area contributed by atoms with Crippen molar-refractivity contribution in [1.82, 2.24) is 19.7 Å². The third-order valence-corrected chi connectivity index (χ3v) is 4.79. The number of aromatic nitrogens is 4. The summed E-state index contributed by atoms with van der Waals surface area (Å²) in [7, 11) is 0. The first-order chi connectivity index (χ1) is 14.7. The van der Waals surface area contributed by atoms with Crippen LogP contribution < -0.4 is 5.32 Å². The first-order valence-corrected chi connectivity index (χ1v) is 9.42. The second kappa shape index (κ2) is 7.87. The predicted octanol–water partition coefficient (Wildman–Crippen LogP) is 4.94. The van der Waals surface area contributed by atoms with Crippen LogP contribution in [0.1, 0.15) is 16.2 Å². The number of thiazole rings is 1. The fourth-order valence-corrected chi connectivity index (χ4v) is 3.37. The largest absolute Gasteiger partial charge is 0.435 e. The quantitative estimate of drug-likeness (QED) is 0.446. The molecule has 4 rings (SSSR count). The number of anilines is 1. The number of carbonyl (C=O) groups excluding carboxylic acids is 1. The highest BCUT2D eigenvalue weighted by molar-refractivity contribution is 7.14. The van der Waals surface area contributed by atoms with Gasteiger partial charge in [0.2, 0.25) is 0 Å². The van der Waals surface area contributed by atoms with Crippen LogP contribution in [0.4, 0.5) is 27.1 Å². The Bertz CT molecular complexity index is 1230. The molecule has 0 bridgehead atoms. The minimum absolute atomic E-state index is 0.0565. The number of hydrogen-bond acceptors (Lipinski definition) is 5. The number of rotatable bonds is 4. The third-order valence-electron chi connectivity index (χ3n) is 4.03. The summed E-state index contributed by atoms with van der Waals surface area (Å²) in [6.07, 6.45) is -3.39. The fourth-order valence-electron chi connectivity index (χ4n) is 2.67. The molecule has 0 aliphatic rings. The standard InChI is InChI=1S/C19H10F5N5OS/c20-10-4-3-5-11(21)16(10)29-14(8-15(28-29)19(22,23)24)17(30)27-18-26-13(9-31-18)12-6-1-2-7-25-12/h1-9H,(H,26,27,30). The molecule has 0 radical (unpaired) electrons. The molecule has 3 aromatic heterocycles. The van der Waals surface area contributed by atoms with Gasteiger partial charge in [-0.2, -0.15) is 18.3 Å².